The number of piperazine rings is 1. The molecule has 0 aromatic heterocycles. The highest BCUT2D eigenvalue weighted by atomic mass is 16.2. The van der Waals surface area contributed by atoms with Crippen LogP contribution < -0.4 is 5.73 Å². The fraction of sp³-hybridized carbons (Fsp3) is 0.929. The Kier molecular flexibility index (Phi) is 6.09. The van der Waals surface area contributed by atoms with E-state index in [1.54, 1.807) is 0 Å². The van der Waals surface area contributed by atoms with Crippen molar-refractivity contribution in [3.05, 3.63) is 0 Å². The Morgan fingerprint density at radius 1 is 1.17 bits per heavy atom. The summed E-state index contributed by atoms with van der Waals surface area (Å²) in [5, 5.41) is 0. The van der Waals surface area contributed by atoms with Gasteiger partial charge < -0.3 is 10.6 Å². The summed E-state index contributed by atoms with van der Waals surface area (Å²) in [4.78, 5) is 16.5. The van der Waals surface area contributed by atoms with Gasteiger partial charge in [-0.15, -0.1) is 0 Å². The first-order valence-electron chi connectivity index (χ1n) is 7.16. The second-order valence-corrected chi connectivity index (χ2v) is 6.00. The number of likely N-dealkylation sites (N-methyl/N-ethyl adjacent to an activating group) is 1. The molecule has 0 atom stereocenters. The molecule has 1 heterocycles. The monoisotopic (exact) mass is 255 g/mol. The van der Waals surface area contributed by atoms with E-state index in [2.05, 4.69) is 25.8 Å². The Balaban J connectivity index is 2.26. The van der Waals surface area contributed by atoms with Crippen LogP contribution in [0.3, 0.4) is 0 Å². The van der Waals surface area contributed by atoms with Crippen LogP contribution in [-0.4, -0.2) is 54.5 Å². The van der Waals surface area contributed by atoms with Gasteiger partial charge in [-0.25, -0.2) is 0 Å². The second kappa shape index (κ2) is 7.10. The number of hydrogen-bond acceptors (Lipinski definition) is 3. The summed E-state index contributed by atoms with van der Waals surface area (Å²) in [6.07, 6.45) is 5.06. The molecule has 2 N–H and O–H groups in total. The molecule has 1 saturated heterocycles. The molecule has 0 unspecified atom stereocenters. The molecule has 0 radical (unpaired) electrons. The van der Waals surface area contributed by atoms with E-state index in [1.165, 1.54) is 0 Å². The summed E-state index contributed by atoms with van der Waals surface area (Å²) in [6.45, 7) is 7.88. The van der Waals surface area contributed by atoms with Crippen molar-refractivity contribution in [3.63, 3.8) is 0 Å². The lowest BCUT2D eigenvalue weighted by Gasteiger charge is -2.45. The number of unbranched alkanes of at least 4 members (excludes halogenated alkanes) is 3. The molecule has 0 spiro atoms. The molecule has 18 heavy (non-hydrogen) atoms. The molecule has 0 aromatic rings. The largest absolute Gasteiger partial charge is 0.340 e. The normalized spacial score (nSPS) is 20.1. The van der Waals surface area contributed by atoms with Gasteiger partial charge in [-0.3, -0.25) is 9.69 Å². The first kappa shape index (κ1) is 15.4. The van der Waals surface area contributed by atoms with Gasteiger partial charge in [0.05, 0.1) is 0 Å². The van der Waals surface area contributed by atoms with E-state index in [4.69, 9.17) is 5.73 Å². The first-order chi connectivity index (χ1) is 8.47. The van der Waals surface area contributed by atoms with Gasteiger partial charge in [-0.1, -0.05) is 12.8 Å². The Hall–Kier alpha value is -0.610. The average Bonchev–Trinajstić information content (AvgIpc) is 2.32. The Morgan fingerprint density at radius 3 is 2.44 bits per heavy atom. The van der Waals surface area contributed by atoms with Crippen LogP contribution in [0, 0.1) is 0 Å². The van der Waals surface area contributed by atoms with E-state index in [9.17, 15) is 4.79 Å². The minimum atomic E-state index is 0.105. The van der Waals surface area contributed by atoms with Crippen molar-refractivity contribution >= 4 is 5.91 Å². The first-order valence-corrected chi connectivity index (χ1v) is 7.16. The molecule has 0 aliphatic carbocycles. The molecule has 0 aromatic carbocycles. The number of carbonyl (C=O) groups excluding carboxylic acids is 1. The van der Waals surface area contributed by atoms with Crippen LogP contribution in [0.15, 0.2) is 0 Å². The van der Waals surface area contributed by atoms with Crippen LogP contribution >= 0.6 is 0 Å². The molecule has 4 nitrogen and oxygen atoms in total. The van der Waals surface area contributed by atoms with Crippen LogP contribution in [0.4, 0.5) is 0 Å². The van der Waals surface area contributed by atoms with Crippen LogP contribution in [0.2, 0.25) is 0 Å². The lowest BCUT2D eigenvalue weighted by atomic mass is 9.99. The fourth-order valence-corrected chi connectivity index (χ4v) is 2.39. The summed E-state index contributed by atoms with van der Waals surface area (Å²) in [6, 6.07) is 0. The molecule has 1 fully saturated rings. The highest BCUT2D eigenvalue weighted by molar-refractivity contribution is 5.76. The average molecular weight is 255 g/mol. The van der Waals surface area contributed by atoms with Crippen LogP contribution in [0.5, 0.6) is 0 Å². The molecule has 0 bridgehead atoms. The number of rotatable bonds is 6. The molecule has 106 valence electrons. The van der Waals surface area contributed by atoms with Crippen molar-refractivity contribution in [3.8, 4) is 0 Å². The number of amides is 1. The second-order valence-electron chi connectivity index (χ2n) is 6.00. The van der Waals surface area contributed by atoms with E-state index in [0.717, 1.165) is 51.9 Å². The van der Waals surface area contributed by atoms with Gasteiger partial charge in [0.1, 0.15) is 0 Å². The number of hydrogen-bond donors (Lipinski definition) is 1. The maximum absolute atomic E-state index is 12.1. The molecule has 0 saturated carbocycles. The Bertz CT molecular complexity index is 266. The Labute approximate surface area is 111 Å². The summed E-state index contributed by atoms with van der Waals surface area (Å²) < 4.78 is 0. The molecular formula is C14H29N3O. The van der Waals surface area contributed by atoms with E-state index in [1.807, 2.05) is 4.90 Å². The zero-order chi connectivity index (χ0) is 13.6. The maximum atomic E-state index is 12.1. The predicted octanol–water partition coefficient (Wildman–Crippen LogP) is 1.45. The molecule has 1 aliphatic rings. The fourth-order valence-electron chi connectivity index (χ4n) is 2.39. The summed E-state index contributed by atoms with van der Waals surface area (Å²) in [5.74, 6) is 0.323. The van der Waals surface area contributed by atoms with Crippen molar-refractivity contribution < 1.29 is 4.79 Å². The Morgan fingerprint density at radius 2 is 1.83 bits per heavy atom. The van der Waals surface area contributed by atoms with E-state index >= 15 is 0 Å². The lowest BCUT2D eigenvalue weighted by molar-refractivity contribution is -0.135. The number of nitrogens with zero attached hydrogens (tertiary/aromatic N) is 2. The van der Waals surface area contributed by atoms with Gasteiger partial charge in [0.25, 0.3) is 0 Å². The quantitative estimate of drug-likeness (QED) is 0.731. The molecule has 1 rings (SSSR count). The molecular weight excluding hydrogens is 226 g/mol. The van der Waals surface area contributed by atoms with E-state index in [0.29, 0.717) is 12.3 Å². The van der Waals surface area contributed by atoms with Crippen molar-refractivity contribution in [2.75, 3.05) is 33.2 Å². The standard InChI is InChI=1S/C14H29N3O/c1-14(2)12-17(11-10-16(14)3)13(18)8-6-4-5-7-9-15/h4-12,15H2,1-3H3. The minimum Gasteiger partial charge on any atom is -0.340 e. The third kappa shape index (κ3) is 4.58. The zero-order valence-corrected chi connectivity index (χ0v) is 12.2. The van der Waals surface area contributed by atoms with Crippen molar-refractivity contribution in [1.29, 1.82) is 0 Å². The van der Waals surface area contributed by atoms with Gasteiger partial charge in [-0.05, 0) is 40.3 Å². The van der Waals surface area contributed by atoms with Gasteiger partial charge in [0.2, 0.25) is 5.91 Å². The van der Waals surface area contributed by atoms with Crippen molar-refractivity contribution in [2.24, 2.45) is 5.73 Å². The highest BCUT2D eigenvalue weighted by Gasteiger charge is 2.32. The van der Waals surface area contributed by atoms with Crippen LogP contribution in [-0.2, 0) is 4.79 Å². The molecule has 1 amide bonds. The van der Waals surface area contributed by atoms with Gasteiger partial charge >= 0.3 is 0 Å². The lowest BCUT2D eigenvalue weighted by Crippen LogP contribution is -2.58. The van der Waals surface area contributed by atoms with Crippen molar-refractivity contribution in [1.82, 2.24) is 9.80 Å². The smallest absolute Gasteiger partial charge is 0.222 e. The SMILES string of the molecule is CN1CCN(C(=O)CCCCCCN)CC1(C)C. The highest BCUT2D eigenvalue weighted by Crippen LogP contribution is 2.19. The van der Waals surface area contributed by atoms with Crippen LogP contribution in [0.1, 0.15) is 46.0 Å². The van der Waals surface area contributed by atoms with Crippen molar-refractivity contribution in [2.45, 2.75) is 51.5 Å². The third-order valence-corrected chi connectivity index (χ3v) is 4.01. The maximum Gasteiger partial charge on any atom is 0.222 e. The summed E-state index contributed by atoms with van der Waals surface area (Å²) in [7, 11) is 2.13. The topological polar surface area (TPSA) is 49.6 Å². The van der Waals surface area contributed by atoms with E-state index < -0.39 is 0 Å². The zero-order valence-electron chi connectivity index (χ0n) is 12.2. The van der Waals surface area contributed by atoms with Gasteiger partial charge in [0.15, 0.2) is 0 Å². The summed E-state index contributed by atoms with van der Waals surface area (Å²) >= 11 is 0. The number of carbonyl (C=O) groups is 1. The minimum absolute atomic E-state index is 0.105. The van der Waals surface area contributed by atoms with Gasteiger partial charge in [-0.2, -0.15) is 0 Å². The van der Waals surface area contributed by atoms with E-state index in [-0.39, 0.29) is 5.54 Å². The molecule has 4 heteroatoms. The van der Waals surface area contributed by atoms with Crippen LogP contribution in [0.25, 0.3) is 0 Å². The summed E-state index contributed by atoms with van der Waals surface area (Å²) in [5.41, 5.74) is 5.56. The van der Waals surface area contributed by atoms with Gasteiger partial charge in [0, 0.05) is 31.6 Å². The molecule has 1 aliphatic heterocycles. The third-order valence-electron chi connectivity index (χ3n) is 4.01. The number of nitrogens with two attached hydrogens (primary N) is 1. The predicted molar refractivity (Wildman–Crippen MR) is 75.4 cm³/mol.